The fraction of sp³-hybridized carbons (Fsp3) is 0.120. The van der Waals surface area contributed by atoms with Crippen LogP contribution < -0.4 is 14.8 Å². The Balaban J connectivity index is 1.65. The van der Waals surface area contributed by atoms with E-state index in [0.29, 0.717) is 44.5 Å². The number of furan rings is 1. The van der Waals surface area contributed by atoms with Gasteiger partial charge in [0, 0.05) is 22.2 Å². The van der Waals surface area contributed by atoms with Crippen LogP contribution in [0.15, 0.2) is 65.1 Å². The lowest BCUT2D eigenvalue weighted by molar-refractivity contribution is 0.101. The fourth-order valence-corrected chi connectivity index (χ4v) is 3.69. The molecule has 1 aromatic heterocycles. The average Bonchev–Trinajstić information content (AvgIpc) is 3.14. The minimum Gasteiger partial charge on any atom is -0.493 e. The van der Waals surface area contributed by atoms with Gasteiger partial charge in [-0.15, -0.1) is 0 Å². The Morgan fingerprint density at radius 1 is 0.938 bits per heavy atom. The number of fused-ring (bicyclic) bond motifs is 1. The van der Waals surface area contributed by atoms with Crippen molar-refractivity contribution in [2.45, 2.75) is 6.92 Å². The van der Waals surface area contributed by atoms with E-state index in [2.05, 4.69) is 5.32 Å². The second-order valence-corrected chi connectivity index (χ2v) is 7.51. The number of ketones is 1. The molecule has 32 heavy (non-hydrogen) atoms. The molecule has 0 bridgehead atoms. The molecule has 3 aromatic carbocycles. The maximum atomic E-state index is 13.1. The van der Waals surface area contributed by atoms with Crippen molar-refractivity contribution in [3.05, 3.63) is 88.1 Å². The van der Waals surface area contributed by atoms with Crippen molar-refractivity contribution < 1.29 is 23.5 Å². The molecule has 0 aliphatic heterocycles. The highest BCUT2D eigenvalue weighted by atomic mass is 35.5. The van der Waals surface area contributed by atoms with Gasteiger partial charge in [-0.25, -0.2) is 0 Å². The molecule has 4 rings (SSSR count). The first kappa shape index (κ1) is 21.5. The van der Waals surface area contributed by atoms with Gasteiger partial charge in [0.1, 0.15) is 5.58 Å². The highest BCUT2D eigenvalue weighted by Crippen LogP contribution is 2.32. The second kappa shape index (κ2) is 8.77. The van der Waals surface area contributed by atoms with E-state index >= 15 is 0 Å². The van der Waals surface area contributed by atoms with E-state index in [1.54, 1.807) is 67.6 Å². The Morgan fingerprint density at radius 3 is 2.41 bits per heavy atom. The molecule has 7 heteroatoms. The van der Waals surface area contributed by atoms with Gasteiger partial charge in [-0.05, 0) is 55.5 Å². The zero-order valence-electron chi connectivity index (χ0n) is 17.7. The lowest BCUT2D eigenvalue weighted by Gasteiger charge is -2.08. The average molecular weight is 450 g/mol. The predicted molar refractivity (Wildman–Crippen MR) is 123 cm³/mol. The molecule has 1 amide bonds. The van der Waals surface area contributed by atoms with Crippen LogP contribution in [0.3, 0.4) is 0 Å². The molecule has 0 unspecified atom stereocenters. The number of carbonyl (C=O) groups is 2. The number of halogens is 1. The molecule has 6 nitrogen and oxygen atoms in total. The van der Waals surface area contributed by atoms with E-state index in [1.807, 2.05) is 0 Å². The van der Waals surface area contributed by atoms with E-state index in [4.69, 9.17) is 25.5 Å². The SMILES string of the molecule is COc1ccc(C(=O)c2oc3ccc(NC(=O)c4ccccc4Cl)cc3c2C)cc1OC. The third-order valence-electron chi connectivity index (χ3n) is 5.16. The Morgan fingerprint density at radius 2 is 1.69 bits per heavy atom. The smallest absolute Gasteiger partial charge is 0.257 e. The standard InChI is InChI=1S/C25H20ClNO5/c1-14-18-13-16(27-25(29)17-6-4-5-7-19(17)26)9-11-20(18)32-24(14)23(28)15-8-10-21(30-2)22(12-15)31-3/h4-13H,1-3H3,(H,27,29). The molecule has 1 heterocycles. The van der Waals surface area contributed by atoms with Crippen LogP contribution in [0.4, 0.5) is 5.69 Å². The van der Waals surface area contributed by atoms with Crippen LogP contribution in [0, 0.1) is 6.92 Å². The highest BCUT2D eigenvalue weighted by molar-refractivity contribution is 6.34. The lowest BCUT2D eigenvalue weighted by Crippen LogP contribution is -2.12. The van der Waals surface area contributed by atoms with Gasteiger partial charge in [-0.2, -0.15) is 0 Å². The summed E-state index contributed by atoms with van der Waals surface area (Å²) in [5, 5.41) is 3.93. The predicted octanol–water partition coefficient (Wildman–Crippen LogP) is 5.90. The third kappa shape index (κ3) is 3.92. The molecule has 0 atom stereocenters. The number of nitrogens with one attached hydrogen (secondary N) is 1. The minimum atomic E-state index is -0.322. The van der Waals surface area contributed by atoms with Crippen LogP contribution in [0.2, 0.25) is 5.02 Å². The van der Waals surface area contributed by atoms with E-state index < -0.39 is 0 Å². The molecule has 0 radical (unpaired) electrons. The number of benzene rings is 3. The van der Waals surface area contributed by atoms with Crippen LogP contribution in [-0.4, -0.2) is 25.9 Å². The van der Waals surface area contributed by atoms with Gasteiger partial charge in [0.05, 0.1) is 24.8 Å². The van der Waals surface area contributed by atoms with E-state index in [9.17, 15) is 9.59 Å². The Bertz CT molecular complexity index is 1340. The summed E-state index contributed by atoms with van der Waals surface area (Å²) in [6.07, 6.45) is 0. The van der Waals surface area contributed by atoms with Crippen molar-refractivity contribution >= 4 is 39.9 Å². The maximum absolute atomic E-state index is 13.1. The summed E-state index contributed by atoms with van der Waals surface area (Å²) >= 11 is 6.11. The Labute approximate surface area is 189 Å². The molecule has 0 aliphatic rings. The molecular formula is C25H20ClNO5. The van der Waals surface area contributed by atoms with Crippen molar-refractivity contribution in [1.29, 1.82) is 0 Å². The summed E-state index contributed by atoms with van der Waals surface area (Å²) in [4.78, 5) is 25.7. The number of amides is 1. The number of methoxy groups -OCH3 is 2. The van der Waals surface area contributed by atoms with Gasteiger partial charge in [0.2, 0.25) is 5.78 Å². The second-order valence-electron chi connectivity index (χ2n) is 7.10. The molecule has 0 aliphatic carbocycles. The maximum Gasteiger partial charge on any atom is 0.257 e. The van der Waals surface area contributed by atoms with Gasteiger partial charge < -0.3 is 19.2 Å². The summed E-state index contributed by atoms with van der Waals surface area (Å²) in [5.41, 5.74) is 2.58. The largest absolute Gasteiger partial charge is 0.493 e. The topological polar surface area (TPSA) is 77.8 Å². The van der Waals surface area contributed by atoms with Crippen molar-refractivity contribution in [1.82, 2.24) is 0 Å². The van der Waals surface area contributed by atoms with Gasteiger partial charge in [-0.3, -0.25) is 9.59 Å². The number of aryl methyl sites for hydroxylation is 1. The number of hydrogen-bond acceptors (Lipinski definition) is 5. The summed E-state index contributed by atoms with van der Waals surface area (Å²) in [7, 11) is 3.04. The molecular weight excluding hydrogens is 430 g/mol. The number of ether oxygens (including phenoxy) is 2. The van der Waals surface area contributed by atoms with Crippen molar-refractivity contribution in [3.8, 4) is 11.5 Å². The molecule has 162 valence electrons. The van der Waals surface area contributed by atoms with Gasteiger partial charge >= 0.3 is 0 Å². The summed E-state index contributed by atoms with van der Waals surface area (Å²) in [6.45, 7) is 1.81. The summed E-state index contributed by atoms with van der Waals surface area (Å²) in [6, 6.07) is 17.0. The molecule has 0 spiro atoms. The number of carbonyl (C=O) groups excluding carboxylic acids is 2. The third-order valence-corrected chi connectivity index (χ3v) is 5.49. The lowest BCUT2D eigenvalue weighted by atomic mass is 10.0. The van der Waals surface area contributed by atoms with E-state index in [-0.39, 0.29) is 17.5 Å². The molecule has 0 saturated heterocycles. The van der Waals surface area contributed by atoms with Crippen LogP contribution in [0.25, 0.3) is 11.0 Å². The number of hydrogen-bond donors (Lipinski definition) is 1. The summed E-state index contributed by atoms with van der Waals surface area (Å²) in [5.74, 6) is 0.613. The van der Waals surface area contributed by atoms with Crippen LogP contribution >= 0.6 is 11.6 Å². The minimum absolute atomic E-state index is 0.224. The van der Waals surface area contributed by atoms with Crippen molar-refractivity contribution in [3.63, 3.8) is 0 Å². The molecule has 0 fully saturated rings. The summed E-state index contributed by atoms with van der Waals surface area (Å²) < 4.78 is 16.4. The Kier molecular flexibility index (Phi) is 5.88. The van der Waals surface area contributed by atoms with Crippen molar-refractivity contribution in [2.24, 2.45) is 0 Å². The van der Waals surface area contributed by atoms with Gasteiger partial charge in [-0.1, -0.05) is 23.7 Å². The molecule has 0 saturated carbocycles. The Hall–Kier alpha value is -3.77. The number of rotatable bonds is 6. The number of anilines is 1. The zero-order chi connectivity index (χ0) is 22.8. The van der Waals surface area contributed by atoms with E-state index in [1.165, 1.54) is 14.2 Å². The van der Waals surface area contributed by atoms with Gasteiger partial charge in [0.15, 0.2) is 17.3 Å². The van der Waals surface area contributed by atoms with Crippen LogP contribution in [-0.2, 0) is 0 Å². The van der Waals surface area contributed by atoms with Crippen LogP contribution in [0.5, 0.6) is 11.5 Å². The fourth-order valence-electron chi connectivity index (χ4n) is 3.47. The molecule has 4 aromatic rings. The first-order chi connectivity index (χ1) is 15.4. The highest BCUT2D eigenvalue weighted by Gasteiger charge is 2.21. The quantitative estimate of drug-likeness (QED) is 0.371. The van der Waals surface area contributed by atoms with Crippen LogP contribution in [0.1, 0.15) is 32.0 Å². The normalized spacial score (nSPS) is 10.8. The first-order valence-electron chi connectivity index (χ1n) is 9.78. The van der Waals surface area contributed by atoms with E-state index in [0.717, 1.165) is 5.39 Å². The molecule has 1 N–H and O–H groups in total. The van der Waals surface area contributed by atoms with Crippen molar-refractivity contribution in [2.75, 3.05) is 19.5 Å². The monoisotopic (exact) mass is 449 g/mol. The zero-order valence-corrected chi connectivity index (χ0v) is 18.4. The van der Waals surface area contributed by atoms with Gasteiger partial charge in [0.25, 0.3) is 5.91 Å². The first-order valence-corrected chi connectivity index (χ1v) is 10.2.